The molecule has 1 unspecified atom stereocenters. The van der Waals surface area contributed by atoms with Crippen molar-refractivity contribution in [2.24, 2.45) is 0 Å². The van der Waals surface area contributed by atoms with Crippen molar-refractivity contribution in [2.75, 3.05) is 11.9 Å². The molecule has 2 heterocycles. The maximum atomic E-state index is 4.31. The van der Waals surface area contributed by atoms with Crippen molar-refractivity contribution in [1.82, 2.24) is 14.7 Å². The number of aryl methyl sites for hydroxylation is 1. The van der Waals surface area contributed by atoms with Gasteiger partial charge in [0.05, 0.1) is 6.20 Å². The minimum Gasteiger partial charge on any atom is -0.295 e. The lowest BCUT2D eigenvalue weighted by atomic mass is 10.2. The van der Waals surface area contributed by atoms with Gasteiger partial charge in [-0.05, 0) is 26.3 Å². The summed E-state index contributed by atoms with van der Waals surface area (Å²) >= 11 is 3.59. The summed E-state index contributed by atoms with van der Waals surface area (Å²) in [5, 5.41) is 5.40. The molecule has 1 aromatic rings. The Hall–Kier alpha value is -0.350. The van der Waals surface area contributed by atoms with E-state index in [1.165, 1.54) is 24.9 Å². The predicted octanol–water partition coefficient (Wildman–Crippen LogP) is 2.26. The summed E-state index contributed by atoms with van der Waals surface area (Å²) < 4.78 is 1.99. The van der Waals surface area contributed by atoms with Crippen molar-refractivity contribution in [3.05, 3.63) is 18.0 Å². The molecule has 0 radical (unpaired) electrons. The van der Waals surface area contributed by atoms with Crippen molar-refractivity contribution >= 4 is 15.9 Å². The summed E-state index contributed by atoms with van der Waals surface area (Å²) in [6, 6.07) is 0.718. The van der Waals surface area contributed by atoms with Crippen LogP contribution in [0.3, 0.4) is 0 Å². The van der Waals surface area contributed by atoms with Gasteiger partial charge in [0.25, 0.3) is 0 Å². The quantitative estimate of drug-likeness (QED) is 0.784. The first-order valence-electron chi connectivity index (χ1n) is 5.65. The zero-order chi connectivity index (χ0) is 10.7. The maximum Gasteiger partial charge on any atom is 0.0534 e. The lowest BCUT2D eigenvalue weighted by Crippen LogP contribution is -2.29. The van der Waals surface area contributed by atoms with Gasteiger partial charge in [0, 0.05) is 36.2 Å². The smallest absolute Gasteiger partial charge is 0.0534 e. The van der Waals surface area contributed by atoms with Crippen LogP contribution in [0.1, 0.15) is 25.3 Å². The summed E-state index contributed by atoms with van der Waals surface area (Å²) in [5.74, 6) is 0. The predicted molar refractivity (Wildman–Crippen MR) is 65.1 cm³/mol. The molecule has 0 bridgehead atoms. The topological polar surface area (TPSA) is 21.1 Å². The Morgan fingerprint density at radius 2 is 2.47 bits per heavy atom. The zero-order valence-electron chi connectivity index (χ0n) is 9.19. The highest BCUT2D eigenvalue weighted by atomic mass is 79.9. The van der Waals surface area contributed by atoms with Gasteiger partial charge in [-0.25, -0.2) is 0 Å². The molecule has 0 saturated carbocycles. The highest BCUT2D eigenvalue weighted by molar-refractivity contribution is 9.09. The number of nitrogens with zero attached hydrogens (tertiary/aromatic N) is 3. The number of hydrogen-bond acceptors (Lipinski definition) is 2. The van der Waals surface area contributed by atoms with Crippen molar-refractivity contribution < 1.29 is 0 Å². The van der Waals surface area contributed by atoms with Crippen LogP contribution in [0.2, 0.25) is 0 Å². The molecule has 3 nitrogen and oxygen atoms in total. The van der Waals surface area contributed by atoms with E-state index in [2.05, 4.69) is 39.0 Å². The summed E-state index contributed by atoms with van der Waals surface area (Å²) in [7, 11) is 0. The van der Waals surface area contributed by atoms with Crippen LogP contribution in [-0.4, -0.2) is 32.6 Å². The lowest BCUT2D eigenvalue weighted by Gasteiger charge is -2.21. The van der Waals surface area contributed by atoms with Crippen LogP contribution in [0.15, 0.2) is 12.4 Å². The standard InChI is InChI=1S/C11H18BrN3/c1-2-15-9-10(7-13-15)8-14-5-3-4-11(14)6-12/h7,9,11H,2-6,8H2,1H3. The first-order chi connectivity index (χ1) is 7.33. The maximum absolute atomic E-state index is 4.31. The molecule has 0 spiro atoms. The van der Waals surface area contributed by atoms with E-state index in [0.717, 1.165) is 24.5 Å². The SMILES string of the molecule is CCn1cc(CN2CCCC2CBr)cn1. The minimum atomic E-state index is 0.718. The van der Waals surface area contributed by atoms with E-state index in [1.807, 2.05) is 10.9 Å². The van der Waals surface area contributed by atoms with Crippen LogP contribution in [0.5, 0.6) is 0 Å². The Labute approximate surface area is 99.6 Å². The Morgan fingerprint density at radius 1 is 1.60 bits per heavy atom. The summed E-state index contributed by atoms with van der Waals surface area (Å²) in [6.07, 6.45) is 6.81. The zero-order valence-corrected chi connectivity index (χ0v) is 10.8. The summed E-state index contributed by atoms with van der Waals surface area (Å²) in [6.45, 7) is 5.36. The number of alkyl halides is 1. The number of likely N-dealkylation sites (tertiary alicyclic amines) is 1. The van der Waals surface area contributed by atoms with Crippen LogP contribution >= 0.6 is 15.9 Å². The normalized spacial score (nSPS) is 22.4. The van der Waals surface area contributed by atoms with Crippen LogP contribution in [0, 0.1) is 0 Å². The van der Waals surface area contributed by atoms with Crippen LogP contribution in [0.4, 0.5) is 0 Å². The van der Waals surface area contributed by atoms with Gasteiger partial charge in [0.1, 0.15) is 0 Å². The second kappa shape index (κ2) is 5.12. The van der Waals surface area contributed by atoms with Gasteiger partial charge in [0.2, 0.25) is 0 Å². The Kier molecular flexibility index (Phi) is 3.81. The molecular weight excluding hydrogens is 254 g/mol. The molecule has 0 N–H and O–H groups in total. The summed E-state index contributed by atoms with van der Waals surface area (Å²) in [4.78, 5) is 2.55. The van der Waals surface area contributed by atoms with Crippen molar-refractivity contribution in [3.63, 3.8) is 0 Å². The molecule has 1 aliphatic rings. The molecule has 1 aliphatic heterocycles. The van der Waals surface area contributed by atoms with Crippen molar-refractivity contribution in [3.8, 4) is 0 Å². The molecule has 1 fully saturated rings. The molecule has 0 amide bonds. The molecule has 0 aromatic carbocycles. The number of aromatic nitrogens is 2. The van der Waals surface area contributed by atoms with E-state index in [-0.39, 0.29) is 0 Å². The van der Waals surface area contributed by atoms with Gasteiger partial charge in [0.15, 0.2) is 0 Å². The Morgan fingerprint density at radius 3 is 3.13 bits per heavy atom. The van der Waals surface area contributed by atoms with Gasteiger partial charge in [-0.2, -0.15) is 5.10 Å². The first-order valence-corrected chi connectivity index (χ1v) is 6.77. The van der Waals surface area contributed by atoms with Gasteiger partial charge >= 0.3 is 0 Å². The highest BCUT2D eigenvalue weighted by Gasteiger charge is 2.23. The molecular formula is C11H18BrN3. The number of halogens is 1. The number of rotatable bonds is 4. The average molecular weight is 272 g/mol. The molecule has 1 aromatic heterocycles. The number of hydrogen-bond donors (Lipinski definition) is 0. The molecule has 84 valence electrons. The Bertz CT molecular complexity index is 311. The van der Waals surface area contributed by atoms with Crippen LogP contribution in [-0.2, 0) is 13.1 Å². The van der Waals surface area contributed by atoms with Gasteiger partial charge < -0.3 is 0 Å². The third kappa shape index (κ3) is 2.61. The summed E-state index contributed by atoms with van der Waals surface area (Å²) in [5.41, 5.74) is 1.34. The van der Waals surface area contributed by atoms with Crippen LogP contribution < -0.4 is 0 Å². The molecule has 2 rings (SSSR count). The Balaban J connectivity index is 1.95. The van der Waals surface area contributed by atoms with E-state index >= 15 is 0 Å². The molecule has 0 aliphatic carbocycles. The van der Waals surface area contributed by atoms with Gasteiger partial charge in [-0.1, -0.05) is 15.9 Å². The van der Waals surface area contributed by atoms with Crippen molar-refractivity contribution in [1.29, 1.82) is 0 Å². The fourth-order valence-electron chi connectivity index (χ4n) is 2.17. The first kappa shape index (κ1) is 11.1. The third-order valence-corrected chi connectivity index (χ3v) is 3.82. The lowest BCUT2D eigenvalue weighted by molar-refractivity contribution is 0.265. The monoisotopic (exact) mass is 271 g/mol. The molecule has 15 heavy (non-hydrogen) atoms. The van der Waals surface area contributed by atoms with E-state index in [0.29, 0.717) is 0 Å². The van der Waals surface area contributed by atoms with Crippen molar-refractivity contribution in [2.45, 2.75) is 38.9 Å². The minimum absolute atomic E-state index is 0.718. The average Bonchev–Trinajstić information content (AvgIpc) is 2.87. The van der Waals surface area contributed by atoms with Gasteiger partial charge in [-0.15, -0.1) is 0 Å². The second-order valence-electron chi connectivity index (χ2n) is 4.13. The highest BCUT2D eigenvalue weighted by Crippen LogP contribution is 2.21. The van der Waals surface area contributed by atoms with E-state index in [4.69, 9.17) is 0 Å². The molecule has 1 atom stereocenters. The fraction of sp³-hybridized carbons (Fsp3) is 0.727. The van der Waals surface area contributed by atoms with Gasteiger partial charge in [-0.3, -0.25) is 9.58 Å². The van der Waals surface area contributed by atoms with Crippen LogP contribution in [0.25, 0.3) is 0 Å². The molecule has 1 saturated heterocycles. The largest absolute Gasteiger partial charge is 0.295 e. The van der Waals surface area contributed by atoms with E-state index < -0.39 is 0 Å². The third-order valence-electron chi connectivity index (χ3n) is 3.07. The van der Waals surface area contributed by atoms with E-state index in [1.54, 1.807) is 0 Å². The fourth-order valence-corrected chi connectivity index (χ4v) is 2.91. The molecule has 4 heteroatoms. The second-order valence-corrected chi connectivity index (χ2v) is 4.77. The van der Waals surface area contributed by atoms with E-state index in [9.17, 15) is 0 Å².